The van der Waals surface area contributed by atoms with Gasteiger partial charge in [0.05, 0.1) is 6.10 Å². The van der Waals surface area contributed by atoms with E-state index in [0.717, 1.165) is 38.2 Å². The Kier molecular flexibility index (Phi) is 7.96. The highest BCUT2D eigenvalue weighted by atomic mass is 16.7. The van der Waals surface area contributed by atoms with Crippen molar-refractivity contribution >= 4 is 0 Å². The molecule has 1 aliphatic carbocycles. The van der Waals surface area contributed by atoms with Gasteiger partial charge in [-0.2, -0.15) is 0 Å². The molecule has 1 fully saturated rings. The Labute approximate surface area is 155 Å². The van der Waals surface area contributed by atoms with Crippen molar-refractivity contribution in [1.82, 2.24) is 0 Å². The van der Waals surface area contributed by atoms with Gasteiger partial charge in [-0.3, -0.25) is 0 Å². The zero-order chi connectivity index (χ0) is 18.3. The van der Waals surface area contributed by atoms with Crippen LogP contribution in [-0.2, 0) is 9.47 Å². The molecule has 0 radical (unpaired) electrons. The van der Waals surface area contributed by atoms with Crippen LogP contribution in [0, 0.1) is 11.3 Å². The fraction of sp³-hybridized carbons (Fsp3) is 0.739. The summed E-state index contributed by atoms with van der Waals surface area (Å²) in [7, 11) is 0. The summed E-state index contributed by atoms with van der Waals surface area (Å²) in [5.74, 6) is 1.08. The largest absolute Gasteiger partial charge is 0.352 e. The molecule has 0 spiro atoms. The van der Waals surface area contributed by atoms with E-state index in [4.69, 9.17) is 9.47 Å². The molecule has 2 nitrogen and oxygen atoms in total. The van der Waals surface area contributed by atoms with E-state index in [1.807, 2.05) is 0 Å². The zero-order valence-electron chi connectivity index (χ0n) is 17.0. The van der Waals surface area contributed by atoms with Gasteiger partial charge in [0.25, 0.3) is 0 Å². The highest BCUT2D eigenvalue weighted by molar-refractivity contribution is 5.19. The number of hydrogen-bond donors (Lipinski definition) is 0. The third-order valence-electron chi connectivity index (χ3n) is 5.74. The monoisotopic (exact) mass is 346 g/mol. The number of unbranched alkanes of at least 4 members (excludes halogenated alkanes) is 1. The third kappa shape index (κ3) is 6.42. The number of hydrogen-bond acceptors (Lipinski definition) is 2. The van der Waals surface area contributed by atoms with Crippen LogP contribution < -0.4 is 0 Å². The van der Waals surface area contributed by atoms with E-state index < -0.39 is 0 Å². The van der Waals surface area contributed by atoms with Crippen molar-refractivity contribution in [3.8, 4) is 0 Å². The topological polar surface area (TPSA) is 18.5 Å². The predicted molar refractivity (Wildman–Crippen MR) is 106 cm³/mol. The molecule has 2 atom stereocenters. The molecule has 1 saturated carbocycles. The van der Waals surface area contributed by atoms with E-state index in [1.54, 1.807) is 0 Å². The minimum absolute atomic E-state index is 0.134. The van der Waals surface area contributed by atoms with Crippen LogP contribution in [0.1, 0.15) is 84.6 Å². The van der Waals surface area contributed by atoms with E-state index in [1.165, 1.54) is 18.4 Å². The fourth-order valence-corrected chi connectivity index (χ4v) is 3.81. The molecule has 0 heterocycles. The van der Waals surface area contributed by atoms with Crippen LogP contribution in [0.3, 0.4) is 0 Å². The lowest BCUT2D eigenvalue weighted by Crippen LogP contribution is -2.34. The van der Waals surface area contributed by atoms with Gasteiger partial charge in [0, 0.05) is 12.5 Å². The molecule has 0 aliphatic heterocycles. The van der Waals surface area contributed by atoms with E-state index in [0.29, 0.717) is 11.5 Å². The summed E-state index contributed by atoms with van der Waals surface area (Å²) in [5, 5.41) is 0. The van der Waals surface area contributed by atoms with E-state index >= 15 is 0 Å². The maximum Gasteiger partial charge on any atom is 0.164 e. The lowest BCUT2D eigenvalue weighted by molar-refractivity contribution is -0.189. The number of benzene rings is 1. The van der Waals surface area contributed by atoms with Gasteiger partial charge in [0.1, 0.15) is 0 Å². The van der Waals surface area contributed by atoms with Crippen LogP contribution in [0.15, 0.2) is 30.3 Å². The average Bonchev–Trinajstić information content (AvgIpc) is 2.61. The molecule has 142 valence electrons. The summed E-state index contributed by atoms with van der Waals surface area (Å²) < 4.78 is 12.7. The Balaban J connectivity index is 1.94. The van der Waals surface area contributed by atoms with Gasteiger partial charge in [-0.15, -0.1) is 0 Å². The molecule has 25 heavy (non-hydrogen) atoms. The van der Waals surface area contributed by atoms with Gasteiger partial charge >= 0.3 is 0 Å². The summed E-state index contributed by atoms with van der Waals surface area (Å²) in [6.45, 7) is 12.3. The van der Waals surface area contributed by atoms with Crippen LogP contribution in [-0.4, -0.2) is 19.0 Å². The van der Waals surface area contributed by atoms with Gasteiger partial charge in [0.15, 0.2) is 6.29 Å². The normalized spacial score (nSPS) is 24.0. The second kappa shape index (κ2) is 9.73. The van der Waals surface area contributed by atoms with Crippen LogP contribution in [0.25, 0.3) is 0 Å². The van der Waals surface area contributed by atoms with Crippen molar-refractivity contribution in [2.24, 2.45) is 11.3 Å². The van der Waals surface area contributed by atoms with E-state index in [2.05, 4.69) is 65.0 Å². The second-order valence-corrected chi connectivity index (χ2v) is 8.77. The van der Waals surface area contributed by atoms with Gasteiger partial charge in [-0.25, -0.2) is 0 Å². The molecule has 2 heteroatoms. The minimum Gasteiger partial charge on any atom is -0.352 e. The SMILES string of the molecule is CCCCOC(OC1CCC(C(C)(C)C)CC1)C(C)c1ccccc1. The average molecular weight is 347 g/mol. The quantitative estimate of drug-likeness (QED) is 0.392. The molecule has 0 saturated heterocycles. The summed E-state index contributed by atoms with van der Waals surface area (Å²) in [5.41, 5.74) is 1.71. The molecular formula is C23H38O2. The summed E-state index contributed by atoms with van der Waals surface area (Å²) in [4.78, 5) is 0. The van der Waals surface area contributed by atoms with E-state index in [-0.39, 0.29) is 12.2 Å². The van der Waals surface area contributed by atoms with Crippen molar-refractivity contribution in [2.75, 3.05) is 6.61 Å². The van der Waals surface area contributed by atoms with Gasteiger partial charge in [-0.05, 0) is 49.0 Å². The molecule has 0 bridgehead atoms. The van der Waals surface area contributed by atoms with Crippen molar-refractivity contribution in [3.05, 3.63) is 35.9 Å². The zero-order valence-corrected chi connectivity index (χ0v) is 17.0. The maximum absolute atomic E-state index is 6.49. The van der Waals surface area contributed by atoms with Crippen LogP contribution in [0.2, 0.25) is 0 Å². The Morgan fingerprint density at radius 1 is 1.04 bits per heavy atom. The van der Waals surface area contributed by atoms with Crippen LogP contribution in [0.5, 0.6) is 0 Å². The van der Waals surface area contributed by atoms with Crippen molar-refractivity contribution in [2.45, 2.75) is 91.5 Å². The fourth-order valence-electron chi connectivity index (χ4n) is 3.81. The summed E-state index contributed by atoms with van der Waals surface area (Å²) >= 11 is 0. The van der Waals surface area contributed by atoms with Crippen molar-refractivity contribution < 1.29 is 9.47 Å². The molecular weight excluding hydrogens is 308 g/mol. The first-order chi connectivity index (χ1) is 11.9. The van der Waals surface area contributed by atoms with Gasteiger partial charge < -0.3 is 9.47 Å². The third-order valence-corrected chi connectivity index (χ3v) is 5.74. The molecule has 1 aromatic rings. The summed E-state index contributed by atoms with van der Waals surface area (Å²) in [6, 6.07) is 10.6. The number of rotatable bonds is 8. The number of ether oxygens (including phenoxy) is 2. The molecule has 0 aromatic heterocycles. The van der Waals surface area contributed by atoms with Crippen LogP contribution in [0.4, 0.5) is 0 Å². The molecule has 0 amide bonds. The Morgan fingerprint density at radius 2 is 1.68 bits per heavy atom. The highest BCUT2D eigenvalue weighted by Gasteiger charge is 2.32. The first-order valence-electron chi connectivity index (χ1n) is 10.2. The second-order valence-electron chi connectivity index (χ2n) is 8.77. The van der Waals surface area contributed by atoms with Gasteiger partial charge in [0.2, 0.25) is 0 Å². The molecule has 1 aromatic carbocycles. The molecule has 1 aliphatic rings. The summed E-state index contributed by atoms with van der Waals surface area (Å²) in [6.07, 6.45) is 7.34. The maximum atomic E-state index is 6.49. The Morgan fingerprint density at radius 3 is 2.24 bits per heavy atom. The Hall–Kier alpha value is -0.860. The Bertz CT molecular complexity index is 469. The highest BCUT2D eigenvalue weighted by Crippen LogP contribution is 2.39. The van der Waals surface area contributed by atoms with Gasteiger partial charge in [-0.1, -0.05) is 71.4 Å². The first kappa shape index (κ1) is 20.5. The minimum atomic E-state index is -0.134. The van der Waals surface area contributed by atoms with Crippen LogP contribution >= 0.6 is 0 Å². The smallest absolute Gasteiger partial charge is 0.164 e. The van der Waals surface area contributed by atoms with E-state index in [9.17, 15) is 0 Å². The molecule has 2 unspecified atom stereocenters. The predicted octanol–water partition coefficient (Wildman–Crippen LogP) is 6.55. The lowest BCUT2D eigenvalue weighted by Gasteiger charge is -2.38. The lowest BCUT2D eigenvalue weighted by atomic mass is 9.72. The van der Waals surface area contributed by atoms with Crippen molar-refractivity contribution in [1.29, 1.82) is 0 Å². The first-order valence-corrected chi connectivity index (χ1v) is 10.2. The molecule has 0 N–H and O–H groups in total. The standard InChI is InChI=1S/C23H38O2/c1-6-7-17-24-22(18(2)19-11-9-8-10-12-19)25-21-15-13-20(14-16-21)23(3,4)5/h8-12,18,20-22H,6-7,13-17H2,1-5H3. The molecule has 2 rings (SSSR count). The van der Waals surface area contributed by atoms with Crippen molar-refractivity contribution in [3.63, 3.8) is 0 Å².